The monoisotopic (exact) mass is 443 g/mol. The number of hydrogen-bond donors (Lipinski definition) is 2. The molecule has 32 heavy (non-hydrogen) atoms. The summed E-state index contributed by atoms with van der Waals surface area (Å²) in [6.07, 6.45) is 1.57. The first-order valence-electron chi connectivity index (χ1n) is 11.4. The number of nitrogens with zero attached hydrogens (tertiary/aromatic N) is 3. The first-order chi connectivity index (χ1) is 15.1. The van der Waals surface area contributed by atoms with Gasteiger partial charge in [0, 0.05) is 25.7 Å². The Morgan fingerprint density at radius 3 is 2.34 bits per heavy atom. The zero-order chi connectivity index (χ0) is 23.8. The second-order valence-corrected chi connectivity index (χ2v) is 8.88. The molecule has 2 aromatic rings. The number of rotatable bonds is 11. The minimum atomic E-state index is -0.629. The molecule has 1 amide bonds. The van der Waals surface area contributed by atoms with Crippen LogP contribution in [0.2, 0.25) is 0 Å². The van der Waals surface area contributed by atoms with Gasteiger partial charge in [0.2, 0.25) is 5.91 Å². The van der Waals surface area contributed by atoms with Crippen LogP contribution in [0.25, 0.3) is 0 Å². The third-order valence-corrected chi connectivity index (χ3v) is 5.37. The van der Waals surface area contributed by atoms with E-state index in [1.807, 2.05) is 65.0 Å². The Hall–Kier alpha value is -2.87. The van der Waals surface area contributed by atoms with E-state index in [1.54, 1.807) is 0 Å². The van der Waals surface area contributed by atoms with Gasteiger partial charge in [0.15, 0.2) is 5.69 Å². The van der Waals surface area contributed by atoms with E-state index in [9.17, 15) is 14.4 Å². The molecule has 0 saturated carbocycles. The van der Waals surface area contributed by atoms with E-state index in [-0.39, 0.29) is 35.9 Å². The molecule has 0 radical (unpaired) electrons. The van der Waals surface area contributed by atoms with Gasteiger partial charge in [-0.2, -0.15) is 0 Å². The van der Waals surface area contributed by atoms with Crippen molar-refractivity contribution >= 4 is 17.4 Å². The third kappa shape index (κ3) is 6.56. The van der Waals surface area contributed by atoms with Crippen LogP contribution >= 0.6 is 0 Å². The molecular formula is C24H37N5O3. The van der Waals surface area contributed by atoms with Crippen LogP contribution in [0.3, 0.4) is 0 Å². The lowest BCUT2D eigenvalue weighted by Crippen LogP contribution is -2.47. The Bertz CT molecular complexity index is 995. The maximum Gasteiger partial charge on any atom is 0.330 e. The number of nitrogens with two attached hydrogens (primary N) is 1. The molecule has 0 aliphatic heterocycles. The molecule has 2 rings (SSSR count). The van der Waals surface area contributed by atoms with Crippen LogP contribution in [0.4, 0.5) is 11.5 Å². The fraction of sp³-hybridized carbons (Fsp3) is 0.542. The number of nitrogen functional groups attached to an aromatic ring is 1. The number of amides is 1. The molecule has 0 unspecified atom stereocenters. The lowest BCUT2D eigenvalue weighted by atomic mass is 10.2. The molecule has 0 spiro atoms. The average molecular weight is 444 g/mol. The molecule has 0 bridgehead atoms. The van der Waals surface area contributed by atoms with E-state index in [1.165, 1.54) is 9.47 Å². The van der Waals surface area contributed by atoms with Gasteiger partial charge in [0.25, 0.3) is 5.56 Å². The predicted octanol–water partition coefficient (Wildman–Crippen LogP) is 2.82. The van der Waals surface area contributed by atoms with Gasteiger partial charge >= 0.3 is 5.69 Å². The van der Waals surface area contributed by atoms with Gasteiger partial charge in [-0.15, -0.1) is 0 Å². The van der Waals surface area contributed by atoms with Crippen LogP contribution < -0.4 is 21.9 Å². The van der Waals surface area contributed by atoms with Gasteiger partial charge in [-0.1, -0.05) is 57.5 Å². The summed E-state index contributed by atoms with van der Waals surface area (Å²) in [5.41, 5.74) is 6.28. The largest absolute Gasteiger partial charge is 0.383 e. The van der Waals surface area contributed by atoms with E-state index >= 15 is 0 Å². The highest BCUT2D eigenvalue weighted by Gasteiger charge is 2.26. The van der Waals surface area contributed by atoms with Crippen molar-refractivity contribution in [1.29, 1.82) is 0 Å². The van der Waals surface area contributed by atoms with Crippen molar-refractivity contribution in [2.45, 2.75) is 66.6 Å². The average Bonchev–Trinajstić information content (AvgIpc) is 2.73. The van der Waals surface area contributed by atoms with Gasteiger partial charge in [-0.25, -0.2) is 4.79 Å². The van der Waals surface area contributed by atoms with Gasteiger partial charge in [-0.05, 0) is 31.7 Å². The zero-order valence-electron chi connectivity index (χ0n) is 19.9. The van der Waals surface area contributed by atoms with Crippen molar-refractivity contribution in [2.75, 3.05) is 23.7 Å². The molecule has 1 aromatic heterocycles. The molecule has 176 valence electrons. The number of aromatic amines is 1. The van der Waals surface area contributed by atoms with Crippen LogP contribution in [0, 0.1) is 5.92 Å². The van der Waals surface area contributed by atoms with E-state index in [2.05, 4.69) is 9.88 Å². The number of aromatic nitrogens is 2. The van der Waals surface area contributed by atoms with E-state index < -0.39 is 11.2 Å². The summed E-state index contributed by atoms with van der Waals surface area (Å²) in [7, 11) is 0. The van der Waals surface area contributed by atoms with Crippen molar-refractivity contribution in [3.8, 4) is 0 Å². The first kappa shape index (κ1) is 25.4. The predicted molar refractivity (Wildman–Crippen MR) is 130 cm³/mol. The van der Waals surface area contributed by atoms with Crippen molar-refractivity contribution in [1.82, 2.24) is 14.5 Å². The SMILES string of the molecule is CCCCN(C(=O)CN(Cc1ccccc1)C(C)C)c1c(N)n(CC(C)C)c(=O)[nH]c1=O. The highest BCUT2D eigenvalue weighted by atomic mass is 16.2. The second-order valence-electron chi connectivity index (χ2n) is 8.88. The summed E-state index contributed by atoms with van der Waals surface area (Å²) in [5.74, 6) is -0.0260. The molecule has 0 aliphatic carbocycles. The Balaban J connectivity index is 2.41. The normalized spacial score (nSPS) is 11.5. The van der Waals surface area contributed by atoms with Crippen LogP contribution in [0.15, 0.2) is 39.9 Å². The molecular weight excluding hydrogens is 406 g/mol. The summed E-state index contributed by atoms with van der Waals surface area (Å²) < 4.78 is 1.35. The summed E-state index contributed by atoms with van der Waals surface area (Å²) in [6.45, 7) is 11.5. The third-order valence-electron chi connectivity index (χ3n) is 5.37. The highest BCUT2D eigenvalue weighted by Crippen LogP contribution is 2.20. The van der Waals surface area contributed by atoms with E-state index in [0.717, 1.165) is 12.0 Å². The van der Waals surface area contributed by atoms with Crippen molar-refractivity contribution < 1.29 is 4.79 Å². The standard InChI is InChI=1S/C24H37N5O3/c1-6-7-13-28(21-22(25)29(14-17(2)3)24(32)26-23(21)31)20(30)16-27(18(4)5)15-19-11-9-8-10-12-19/h8-12,17-18H,6-7,13-16,25H2,1-5H3,(H,26,31,32). The molecule has 0 aliphatic rings. The summed E-state index contributed by atoms with van der Waals surface area (Å²) in [6, 6.07) is 10.1. The first-order valence-corrected chi connectivity index (χ1v) is 11.4. The summed E-state index contributed by atoms with van der Waals surface area (Å²) >= 11 is 0. The summed E-state index contributed by atoms with van der Waals surface area (Å²) in [4.78, 5) is 44.4. The van der Waals surface area contributed by atoms with E-state index in [4.69, 9.17) is 5.73 Å². The fourth-order valence-electron chi connectivity index (χ4n) is 3.56. The number of H-pyrrole nitrogens is 1. The van der Waals surface area contributed by atoms with Crippen LogP contribution in [0.5, 0.6) is 0 Å². The number of carbonyl (C=O) groups excluding carboxylic acids is 1. The van der Waals surface area contributed by atoms with Gasteiger partial charge in [0.1, 0.15) is 5.82 Å². The smallest absolute Gasteiger partial charge is 0.330 e. The molecule has 0 atom stereocenters. The molecule has 0 fully saturated rings. The molecule has 8 heteroatoms. The Kier molecular flexibility index (Phi) is 9.26. The second kappa shape index (κ2) is 11.7. The maximum atomic E-state index is 13.5. The zero-order valence-corrected chi connectivity index (χ0v) is 19.9. The molecule has 8 nitrogen and oxygen atoms in total. The minimum Gasteiger partial charge on any atom is -0.383 e. The number of anilines is 2. The number of hydrogen-bond acceptors (Lipinski definition) is 5. The molecule has 3 N–H and O–H groups in total. The van der Waals surface area contributed by atoms with Crippen LogP contribution in [0.1, 0.15) is 53.0 Å². The summed E-state index contributed by atoms with van der Waals surface area (Å²) in [5, 5.41) is 0. The quantitative estimate of drug-likeness (QED) is 0.556. The Labute approximate surface area is 190 Å². The van der Waals surface area contributed by atoms with E-state index in [0.29, 0.717) is 26.1 Å². The van der Waals surface area contributed by atoms with Crippen LogP contribution in [-0.4, -0.2) is 39.5 Å². The Morgan fingerprint density at radius 1 is 1.12 bits per heavy atom. The highest BCUT2D eigenvalue weighted by molar-refractivity contribution is 5.96. The topological polar surface area (TPSA) is 104 Å². The van der Waals surface area contributed by atoms with Crippen molar-refractivity contribution in [3.05, 3.63) is 56.7 Å². The number of unbranched alkanes of at least 4 members (excludes halogenated alkanes) is 1. The van der Waals surface area contributed by atoms with Crippen LogP contribution in [-0.2, 0) is 17.9 Å². The maximum absolute atomic E-state index is 13.5. The minimum absolute atomic E-state index is 0.0380. The number of nitrogens with one attached hydrogen (secondary N) is 1. The Morgan fingerprint density at radius 2 is 1.78 bits per heavy atom. The molecule has 0 saturated heterocycles. The molecule has 1 aromatic carbocycles. The van der Waals surface area contributed by atoms with Gasteiger partial charge in [-0.3, -0.25) is 24.0 Å². The lowest BCUT2D eigenvalue weighted by Gasteiger charge is -2.30. The number of carbonyl (C=O) groups is 1. The fourth-order valence-corrected chi connectivity index (χ4v) is 3.56. The lowest BCUT2D eigenvalue weighted by molar-refractivity contribution is -0.120. The van der Waals surface area contributed by atoms with Gasteiger partial charge in [0.05, 0.1) is 6.54 Å². The van der Waals surface area contributed by atoms with Crippen molar-refractivity contribution in [3.63, 3.8) is 0 Å². The van der Waals surface area contributed by atoms with Gasteiger partial charge < -0.3 is 10.6 Å². The molecule has 1 heterocycles. The number of benzene rings is 1. The van der Waals surface area contributed by atoms with Crippen molar-refractivity contribution in [2.24, 2.45) is 5.92 Å².